The first-order valence-corrected chi connectivity index (χ1v) is 25.2. The highest BCUT2D eigenvalue weighted by Gasteiger charge is 2.21. The van der Waals surface area contributed by atoms with Crippen molar-refractivity contribution in [2.75, 3.05) is 63.8 Å². The SMILES string of the molecule is CN(C)C/C=C/C(=O)Cl.CN(C)C/C=C/C(=O)Nc1cccc(-n2cc(-c3ccc(Oc4ccccc4F)cc3)c3c(N)n[nH]c(=O)c32)c1.Nc1cccc(-n2cc(-c3ccc(Oc4ccccc4F)cc3)c3c(N)n[nH]c(=O)c32)c1. The zero-order valence-electron chi connectivity index (χ0n) is 44.2. The normalized spacial score (nSPS) is 11.2. The van der Waals surface area contributed by atoms with Crippen LogP contribution in [0.15, 0.2) is 192 Å². The Labute approximate surface area is 467 Å². The third kappa shape index (κ3) is 14.3. The number of para-hydroxylation sites is 2. The van der Waals surface area contributed by atoms with Crippen molar-refractivity contribution >= 4 is 67.6 Å². The van der Waals surface area contributed by atoms with Gasteiger partial charge in [0.15, 0.2) is 34.8 Å². The molecule has 0 aliphatic rings. The lowest BCUT2D eigenvalue weighted by Crippen LogP contribution is -2.14. The van der Waals surface area contributed by atoms with Gasteiger partial charge in [0.25, 0.3) is 11.1 Å². The van der Waals surface area contributed by atoms with Crippen molar-refractivity contribution in [3.63, 3.8) is 0 Å². The number of nitrogens with one attached hydrogen (secondary N) is 3. The Balaban J connectivity index is 0.000000188. The van der Waals surface area contributed by atoms with Crippen molar-refractivity contribution in [3.8, 4) is 56.6 Å². The Morgan fingerprint density at radius 1 is 0.605 bits per heavy atom. The third-order valence-electron chi connectivity index (χ3n) is 12.0. The van der Waals surface area contributed by atoms with Gasteiger partial charge in [-0.05, 0) is 142 Å². The summed E-state index contributed by atoms with van der Waals surface area (Å²) < 4.78 is 42.6. The summed E-state index contributed by atoms with van der Waals surface area (Å²) in [6.45, 7) is 1.39. The maximum absolute atomic E-state index is 14.0. The Morgan fingerprint density at radius 2 is 1.05 bits per heavy atom. The van der Waals surface area contributed by atoms with Gasteiger partial charge >= 0.3 is 0 Å². The van der Waals surface area contributed by atoms with E-state index in [1.807, 2.05) is 74.5 Å². The maximum atomic E-state index is 14.0. The number of hydrogen-bond acceptors (Lipinski definition) is 13. The molecule has 0 aliphatic carbocycles. The van der Waals surface area contributed by atoms with Crippen LogP contribution in [0.1, 0.15) is 0 Å². The van der Waals surface area contributed by atoms with Gasteiger partial charge in [-0.15, -0.1) is 0 Å². The quantitative estimate of drug-likeness (QED) is 0.0318. The van der Waals surface area contributed by atoms with Crippen molar-refractivity contribution in [1.29, 1.82) is 0 Å². The largest absolute Gasteiger partial charge is 0.454 e. The van der Waals surface area contributed by atoms with Crippen LogP contribution in [0.5, 0.6) is 23.0 Å². The molecule has 81 heavy (non-hydrogen) atoms. The molecule has 0 bridgehead atoms. The molecule has 9 N–H and O–H groups in total. The van der Waals surface area contributed by atoms with Gasteiger partial charge < -0.3 is 50.9 Å². The number of likely N-dealkylation sites (N-methyl/N-ethyl adjacent to an activating group) is 2. The van der Waals surface area contributed by atoms with Crippen LogP contribution < -0.4 is 43.1 Å². The second kappa shape index (κ2) is 26.0. The molecule has 4 aromatic heterocycles. The van der Waals surface area contributed by atoms with Crippen LogP contribution in [0.25, 0.3) is 55.4 Å². The maximum Gasteiger partial charge on any atom is 0.289 e. The van der Waals surface area contributed by atoms with Crippen molar-refractivity contribution in [3.05, 3.63) is 215 Å². The van der Waals surface area contributed by atoms with Crippen LogP contribution in [0.3, 0.4) is 0 Å². The predicted molar refractivity (Wildman–Crippen MR) is 315 cm³/mol. The average molecular weight is 1110 g/mol. The number of aromatic nitrogens is 6. The van der Waals surface area contributed by atoms with Crippen molar-refractivity contribution in [1.82, 2.24) is 39.3 Å². The van der Waals surface area contributed by atoms with Crippen LogP contribution in [0.2, 0.25) is 0 Å². The number of H-pyrrole nitrogens is 2. The molecule has 0 spiro atoms. The minimum absolute atomic E-state index is 0.118. The number of ether oxygens (including phenoxy) is 2. The summed E-state index contributed by atoms with van der Waals surface area (Å²) in [5.41, 5.74) is 23.6. The summed E-state index contributed by atoms with van der Waals surface area (Å²) in [6, 6.07) is 40.8. The van der Waals surface area contributed by atoms with E-state index in [1.54, 1.807) is 131 Å². The molecule has 0 saturated heterocycles. The Bertz CT molecular complexity index is 4060. The average Bonchev–Trinajstić information content (AvgIpc) is 4.25. The summed E-state index contributed by atoms with van der Waals surface area (Å²) in [6.07, 6.45) is 9.93. The van der Waals surface area contributed by atoms with E-state index >= 15 is 0 Å². The zero-order valence-corrected chi connectivity index (χ0v) is 45.0. The van der Waals surface area contributed by atoms with Crippen LogP contribution in [-0.4, -0.2) is 91.8 Å². The number of amides is 1. The molecule has 10 rings (SSSR count). The Hall–Kier alpha value is -10.2. The van der Waals surface area contributed by atoms with E-state index in [9.17, 15) is 28.0 Å². The molecule has 0 fully saturated rings. The number of allylic oxidation sites excluding steroid dienone is 1. The van der Waals surface area contributed by atoms with Crippen LogP contribution in [0.4, 0.5) is 31.8 Å². The first-order valence-electron chi connectivity index (χ1n) is 24.9. The molecule has 0 atom stereocenters. The summed E-state index contributed by atoms with van der Waals surface area (Å²) >= 11 is 5.02. The molecule has 0 unspecified atom stereocenters. The van der Waals surface area contributed by atoms with Gasteiger partial charge in [0.1, 0.15) is 22.5 Å². The minimum atomic E-state index is -0.462. The van der Waals surface area contributed by atoms with E-state index in [0.29, 0.717) is 62.5 Å². The van der Waals surface area contributed by atoms with Gasteiger partial charge in [-0.3, -0.25) is 19.2 Å². The number of fused-ring (bicyclic) bond motifs is 2. The van der Waals surface area contributed by atoms with Gasteiger partial charge in [0, 0.05) is 65.4 Å². The molecular weight excluding hydrogens is 1060 g/mol. The lowest BCUT2D eigenvalue weighted by Gasteiger charge is -2.09. The third-order valence-corrected chi connectivity index (χ3v) is 12.1. The molecule has 1 amide bonds. The van der Waals surface area contributed by atoms with Crippen molar-refractivity contribution in [2.45, 2.75) is 0 Å². The second-order valence-corrected chi connectivity index (χ2v) is 18.9. The summed E-state index contributed by atoms with van der Waals surface area (Å²) in [5.74, 6) is 0.364. The lowest BCUT2D eigenvalue weighted by atomic mass is 10.1. The monoisotopic (exact) mass is 1110 g/mol. The molecule has 0 saturated carbocycles. The number of hydrogen-bond donors (Lipinski definition) is 6. The Kier molecular flexibility index (Phi) is 18.3. The summed E-state index contributed by atoms with van der Waals surface area (Å²) in [4.78, 5) is 52.0. The smallest absolute Gasteiger partial charge is 0.289 e. The van der Waals surface area contributed by atoms with Gasteiger partial charge in [-0.1, -0.05) is 72.8 Å². The number of anilines is 4. The minimum Gasteiger partial charge on any atom is -0.454 e. The summed E-state index contributed by atoms with van der Waals surface area (Å²) in [5, 5.41) is 16.2. The van der Waals surface area contributed by atoms with Crippen molar-refractivity contribution < 1.29 is 27.8 Å². The number of carbonyl (C=O) groups is 2. The number of aromatic amines is 2. The number of nitrogen functional groups attached to an aromatic ring is 3. The molecule has 6 aromatic carbocycles. The van der Waals surface area contributed by atoms with E-state index < -0.39 is 22.4 Å². The first-order chi connectivity index (χ1) is 38.9. The number of nitrogens with zero attached hydrogens (tertiary/aromatic N) is 6. The topological polar surface area (TPSA) is 251 Å². The number of carbonyl (C=O) groups excluding carboxylic acids is 2. The molecule has 10 aromatic rings. The fraction of sp³-hybridized carbons (Fsp3) is 0.100. The highest BCUT2D eigenvalue weighted by Crippen LogP contribution is 2.37. The van der Waals surface area contributed by atoms with E-state index in [4.69, 9.17) is 38.3 Å². The second-order valence-electron chi connectivity index (χ2n) is 18.5. The lowest BCUT2D eigenvalue weighted by molar-refractivity contribution is -0.112. The van der Waals surface area contributed by atoms with Gasteiger partial charge in [0.05, 0.1) is 10.8 Å². The molecule has 4 heterocycles. The zero-order chi connectivity index (χ0) is 57.7. The Morgan fingerprint density at radius 3 is 1.49 bits per heavy atom. The number of nitrogens with two attached hydrogens (primary N) is 3. The predicted octanol–water partition coefficient (Wildman–Crippen LogP) is 10.3. The van der Waals surface area contributed by atoms with Gasteiger partial charge in [-0.25, -0.2) is 19.0 Å². The summed E-state index contributed by atoms with van der Waals surface area (Å²) in [7, 11) is 7.67. The highest BCUT2D eigenvalue weighted by atomic mass is 35.5. The fourth-order valence-corrected chi connectivity index (χ4v) is 8.38. The first kappa shape index (κ1) is 57.0. The van der Waals surface area contributed by atoms with E-state index in [0.717, 1.165) is 28.9 Å². The molecule has 412 valence electrons. The van der Waals surface area contributed by atoms with Crippen LogP contribution in [0, 0.1) is 11.6 Å². The molecule has 0 radical (unpaired) electrons. The number of rotatable bonds is 15. The van der Waals surface area contributed by atoms with Crippen LogP contribution >= 0.6 is 11.6 Å². The van der Waals surface area contributed by atoms with Gasteiger partial charge in [0.2, 0.25) is 11.1 Å². The van der Waals surface area contributed by atoms with Crippen molar-refractivity contribution in [2.24, 2.45) is 0 Å². The molecular formula is C60H55ClF2N12O6. The number of benzene rings is 6. The fourth-order valence-electron chi connectivity index (χ4n) is 8.29. The molecule has 21 heteroatoms. The molecule has 0 aliphatic heterocycles. The van der Waals surface area contributed by atoms with Crippen LogP contribution in [-0.2, 0) is 9.59 Å². The van der Waals surface area contributed by atoms with E-state index in [-0.39, 0.29) is 34.6 Å². The van der Waals surface area contributed by atoms with E-state index in [1.165, 1.54) is 24.3 Å². The van der Waals surface area contributed by atoms with Gasteiger partial charge in [-0.2, -0.15) is 10.2 Å². The standard InChI is InChI=1S/C30H27FN6O3.C24H18FN5O2.C6H10ClNO/c1-36(2)16-6-11-26(38)33-20-7-5-8-21(17-20)37-18-23(27-28(37)30(39)35-34-29(27)32)19-12-14-22(15-13-19)40-25-10-4-3-9-24(25)31;25-19-6-1-2-7-20(19)32-17-10-8-14(9-11-17)18-13-30(16-5-3-4-15(26)12-16)22-21(18)23(27)28-29-24(22)31;1-8(2)5-3-4-6(7)9/h3-15,17-18H,16H2,1-2H3,(H2,32,34)(H,33,38)(H,35,39);1-13H,26H2,(H2,27,28)(H,29,31);3-4H,5H2,1-2H3/b11-6+;;4-3+. The molecule has 18 nitrogen and oxygen atoms in total. The highest BCUT2D eigenvalue weighted by molar-refractivity contribution is 6.66. The number of halogens is 3. The van der Waals surface area contributed by atoms with E-state index in [2.05, 4.69) is 25.7 Å².